The Labute approximate surface area is 425 Å². The van der Waals surface area contributed by atoms with Crippen LogP contribution in [-0.4, -0.2) is 178 Å². The number of phenolic OH excluding ortho intramolecular Hbond substituents is 2. The molecule has 0 bridgehead atoms. The fourth-order valence-electron chi connectivity index (χ4n) is 6.51. The van der Waals surface area contributed by atoms with Crippen molar-refractivity contribution >= 4 is 41.5 Å². The minimum absolute atomic E-state index is 0. The third-order valence-electron chi connectivity index (χ3n) is 9.36. The van der Waals surface area contributed by atoms with Gasteiger partial charge in [0.15, 0.2) is 23.0 Å². The predicted octanol–water partition coefficient (Wildman–Crippen LogP) is -7.50. The van der Waals surface area contributed by atoms with E-state index in [2.05, 4.69) is 16.0 Å². The van der Waals surface area contributed by atoms with Crippen molar-refractivity contribution in [3.63, 3.8) is 0 Å². The number of aryl methyl sites for hydroxylation is 1. The number of nitrogens with two attached hydrogens (primary N) is 2. The van der Waals surface area contributed by atoms with Crippen LogP contribution in [0.5, 0.6) is 17.2 Å². The zero-order valence-corrected chi connectivity index (χ0v) is 38.8. The SMILES string of the molecule is Cn1ccc(C(=O)NCCNCCCC(=O)c2ccc(C(=O)NCCN)c(O)c2O)c(O)c1=O.NCCC1(N(CC(=O)[O-])CC(=O)O)CN(CC(=O)[O-])CCN(CC(=O)[O-])C1.[Gd+3].[Gd+3]. The van der Waals surface area contributed by atoms with E-state index in [4.69, 9.17) is 11.5 Å². The fraction of sp³-hybridized carbons (Fsp3) is 0.514. The molecule has 24 nitrogen and oxygen atoms in total. The average Bonchev–Trinajstić information content (AvgIpc) is 3.34. The van der Waals surface area contributed by atoms with Crippen molar-refractivity contribution in [2.24, 2.45) is 18.5 Å². The zero-order chi connectivity index (χ0) is 45.9. The number of aromatic hydroxyl groups is 3. The molecule has 1 saturated heterocycles. The van der Waals surface area contributed by atoms with Gasteiger partial charge in [-0.15, -0.1) is 0 Å². The summed E-state index contributed by atoms with van der Waals surface area (Å²) in [6.07, 6.45) is 1.99. The number of nitrogens with zero attached hydrogens (tertiary/aromatic N) is 4. The summed E-state index contributed by atoms with van der Waals surface area (Å²) in [6.45, 7) is -0.560. The van der Waals surface area contributed by atoms with Gasteiger partial charge in [0, 0.05) is 97.2 Å². The average molecular weight is 1180 g/mol. The molecule has 1 aromatic carbocycles. The van der Waals surface area contributed by atoms with Gasteiger partial charge < -0.3 is 82.1 Å². The molecule has 2 amide bonds. The molecule has 0 saturated carbocycles. The molecule has 1 aliphatic rings. The minimum atomic E-state index is -1.52. The number of benzene rings is 1. The molecule has 2 heterocycles. The van der Waals surface area contributed by atoms with Crippen LogP contribution in [0.4, 0.5) is 0 Å². The van der Waals surface area contributed by atoms with Crippen LogP contribution in [0.25, 0.3) is 0 Å². The summed E-state index contributed by atoms with van der Waals surface area (Å²) >= 11 is 0. The molecule has 11 N–H and O–H groups in total. The summed E-state index contributed by atoms with van der Waals surface area (Å²) in [7, 11) is 1.46. The first kappa shape index (κ1) is 59.5. The van der Waals surface area contributed by atoms with Gasteiger partial charge in [0.05, 0.1) is 41.1 Å². The predicted molar refractivity (Wildman–Crippen MR) is 207 cm³/mol. The monoisotopic (exact) mass is 1180 g/mol. The second kappa shape index (κ2) is 29.8. The third-order valence-corrected chi connectivity index (χ3v) is 9.36. The van der Waals surface area contributed by atoms with E-state index in [1.807, 2.05) is 0 Å². The molecule has 2 aromatic rings. The van der Waals surface area contributed by atoms with Crippen molar-refractivity contribution < 1.29 is 149 Å². The normalized spacial score (nSPS) is 13.5. The summed E-state index contributed by atoms with van der Waals surface area (Å²) < 4.78 is 1.16. The van der Waals surface area contributed by atoms with Gasteiger partial charge >= 0.3 is 85.9 Å². The number of carboxylic acids is 4. The van der Waals surface area contributed by atoms with Gasteiger partial charge in [0.1, 0.15) is 0 Å². The van der Waals surface area contributed by atoms with Gasteiger partial charge in [0.25, 0.3) is 17.4 Å². The number of pyridine rings is 1. The number of ketones is 1. The van der Waals surface area contributed by atoms with Crippen molar-refractivity contribution in [1.82, 2.24) is 35.2 Å². The van der Waals surface area contributed by atoms with Crippen LogP contribution < -0.4 is 48.3 Å². The Morgan fingerprint density at radius 2 is 1.25 bits per heavy atom. The van der Waals surface area contributed by atoms with Crippen LogP contribution in [0.15, 0.2) is 29.2 Å². The molecule has 0 aliphatic carbocycles. The standard InChI is InChI=1S/C22H29N5O7.C15H26N4O8.2Gd/c1-27-12-6-15(19(31)22(27)34)21(33)26-11-10-24-8-2-3-16(28)13-4-5-14(18(30)17(13)29)20(32)25-9-7-23;16-2-1-15(19(7-13(24)25)8-14(26)27)9-17(5-11(20)21)3-4-18(10-15)6-12(22)23;;/h4-6,12,24,29-31H,2-3,7-11,23H2,1H3,(H,25,32)(H,26,33);1-10,16H2,(H,20,21)(H,22,23)(H,24,25)(H,26,27);;/q;;2*+3/p-3. The van der Waals surface area contributed by atoms with E-state index in [9.17, 15) is 74.1 Å². The number of carbonyl (C=O) groups is 7. The maximum Gasteiger partial charge on any atom is 3.00 e. The van der Waals surface area contributed by atoms with E-state index in [1.54, 1.807) is 0 Å². The first-order valence-electron chi connectivity index (χ1n) is 18.9. The molecular formula is C37H52Gd2N9O15+3. The number of hydrogen-bond acceptors (Lipinski definition) is 20. The second-order valence-corrected chi connectivity index (χ2v) is 14.0. The Hall–Kier alpha value is -3.53. The number of aromatic nitrogens is 1. The Kier molecular flexibility index (Phi) is 28.2. The van der Waals surface area contributed by atoms with Crippen LogP contribution in [0.3, 0.4) is 0 Å². The fourth-order valence-corrected chi connectivity index (χ4v) is 6.51. The number of hydrogen-bond donors (Lipinski definition) is 9. The van der Waals surface area contributed by atoms with Crippen LogP contribution in [0, 0.1) is 79.9 Å². The maximum atomic E-state index is 12.4. The van der Waals surface area contributed by atoms with Crippen LogP contribution in [0.1, 0.15) is 50.3 Å². The second-order valence-electron chi connectivity index (χ2n) is 14.0. The number of Topliss-reactive ketones (excluding diaryl/α,β-unsaturated/α-hetero) is 1. The Balaban J connectivity index is 0.00000121. The van der Waals surface area contributed by atoms with Gasteiger partial charge in [-0.25, -0.2) is 0 Å². The van der Waals surface area contributed by atoms with E-state index in [1.165, 1.54) is 41.2 Å². The molecule has 63 heavy (non-hydrogen) atoms. The molecule has 348 valence electrons. The summed E-state index contributed by atoms with van der Waals surface area (Å²) in [4.78, 5) is 96.6. The molecule has 0 spiro atoms. The van der Waals surface area contributed by atoms with E-state index >= 15 is 0 Å². The van der Waals surface area contributed by atoms with Crippen molar-refractivity contribution in [2.45, 2.75) is 24.8 Å². The van der Waals surface area contributed by atoms with Gasteiger partial charge in [-0.1, -0.05) is 0 Å². The zero-order valence-electron chi connectivity index (χ0n) is 34.3. The molecule has 26 heteroatoms. The number of nitrogens with one attached hydrogen (secondary N) is 3. The van der Waals surface area contributed by atoms with E-state index in [0.717, 1.165) is 9.47 Å². The topological polar surface area (TPSA) is 389 Å². The smallest absolute Gasteiger partial charge is 0.549 e. The molecule has 1 fully saturated rings. The van der Waals surface area contributed by atoms with Gasteiger partial charge in [-0.2, -0.15) is 0 Å². The first-order valence-corrected chi connectivity index (χ1v) is 18.9. The van der Waals surface area contributed by atoms with Crippen molar-refractivity contribution in [3.8, 4) is 17.2 Å². The number of aliphatic carboxylic acids is 4. The number of carboxylic acid groups (broad SMARTS) is 4. The van der Waals surface area contributed by atoms with Crippen molar-refractivity contribution in [3.05, 3.63) is 51.4 Å². The summed E-state index contributed by atoms with van der Waals surface area (Å²) in [5.41, 5.74) is 8.73. The quantitative estimate of drug-likeness (QED) is 0.0283. The molecular weight excluding hydrogens is 1120 g/mol. The van der Waals surface area contributed by atoms with Gasteiger partial charge in [-0.05, 0) is 44.1 Å². The van der Waals surface area contributed by atoms with E-state index in [0.29, 0.717) is 19.5 Å². The molecule has 2 radical (unpaired) electrons. The first-order chi connectivity index (χ1) is 28.8. The molecule has 0 unspecified atom stereocenters. The molecule has 3 rings (SSSR count). The Morgan fingerprint density at radius 1 is 0.730 bits per heavy atom. The molecule has 1 aliphatic heterocycles. The number of phenols is 2. The molecule has 1 aromatic heterocycles. The van der Waals surface area contributed by atoms with Gasteiger partial charge in [0.2, 0.25) is 0 Å². The third kappa shape index (κ3) is 19.6. The summed E-state index contributed by atoms with van der Waals surface area (Å²) in [5.74, 6) is -9.09. The van der Waals surface area contributed by atoms with Crippen LogP contribution in [-0.2, 0) is 26.2 Å². The number of carbonyl (C=O) groups excluding carboxylic acids is 6. The minimum Gasteiger partial charge on any atom is -0.549 e. The van der Waals surface area contributed by atoms with Gasteiger partial charge in [-0.3, -0.25) is 38.7 Å². The maximum absolute atomic E-state index is 12.4. The molecule has 0 atom stereocenters. The number of amides is 2. The van der Waals surface area contributed by atoms with Crippen LogP contribution >= 0.6 is 0 Å². The van der Waals surface area contributed by atoms with Crippen LogP contribution in [0.2, 0.25) is 0 Å². The Bertz CT molecular complexity index is 1910. The van der Waals surface area contributed by atoms with E-state index in [-0.39, 0.29) is 162 Å². The Morgan fingerprint density at radius 3 is 1.76 bits per heavy atom. The summed E-state index contributed by atoms with van der Waals surface area (Å²) in [5, 5.41) is 80.4. The van der Waals surface area contributed by atoms with Crippen molar-refractivity contribution in [2.75, 3.05) is 91.6 Å². The number of rotatable bonds is 23. The summed E-state index contributed by atoms with van der Waals surface area (Å²) in [6, 6.07) is 3.89. The van der Waals surface area contributed by atoms with E-state index < -0.39 is 96.0 Å². The van der Waals surface area contributed by atoms with Crippen molar-refractivity contribution in [1.29, 1.82) is 0 Å². The largest absolute Gasteiger partial charge is 3.00 e.